The van der Waals surface area contributed by atoms with E-state index < -0.39 is 0 Å². The molecule has 1 aliphatic rings. The molecule has 1 heterocycles. The Kier molecular flexibility index (Phi) is 5.30. The number of rotatable bonds is 3. The summed E-state index contributed by atoms with van der Waals surface area (Å²) in [5.41, 5.74) is 5.16. The zero-order valence-electron chi connectivity index (χ0n) is 14.8. The quantitative estimate of drug-likeness (QED) is 0.686. The summed E-state index contributed by atoms with van der Waals surface area (Å²) in [6.07, 6.45) is 0. The summed E-state index contributed by atoms with van der Waals surface area (Å²) in [5, 5.41) is 10.3. The Hall–Kier alpha value is -2.37. The van der Waals surface area contributed by atoms with E-state index in [0.717, 1.165) is 28.1 Å². The van der Waals surface area contributed by atoms with Gasteiger partial charge in [-0.25, -0.2) is 0 Å². The van der Waals surface area contributed by atoms with E-state index >= 15 is 0 Å². The van der Waals surface area contributed by atoms with Gasteiger partial charge in [-0.15, -0.1) is 0 Å². The van der Waals surface area contributed by atoms with Gasteiger partial charge < -0.3 is 16.0 Å². The number of amides is 1. The lowest BCUT2D eigenvalue weighted by atomic mass is 9.94. The van der Waals surface area contributed by atoms with Crippen LogP contribution in [0.3, 0.4) is 0 Å². The van der Waals surface area contributed by atoms with E-state index in [1.165, 1.54) is 0 Å². The fraction of sp³-hybridized carbons (Fsp3) is 0.200. The van der Waals surface area contributed by atoms with Crippen LogP contribution in [0, 0.1) is 13.8 Å². The number of allylic oxidation sites excluding steroid dienone is 1. The highest BCUT2D eigenvalue weighted by Gasteiger charge is 2.30. The third-order valence-electron chi connectivity index (χ3n) is 4.55. The topological polar surface area (TPSA) is 53.2 Å². The number of carbonyl (C=O) groups is 1. The summed E-state index contributed by atoms with van der Waals surface area (Å²) >= 11 is 11.4. The average Bonchev–Trinajstić information content (AvgIpc) is 2.58. The van der Waals surface area contributed by atoms with Gasteiger partial charge in [0.1, 0.15) is 0 Å². The van der Waals surface area contributed by atoms with Crippen LogP contribution in [0.25, 0.3) is 0 Å². The molecule has 0 bridgehead atoms. The first-order chi connectivity index (χ1) is 12.4. The minimum Gasteiger partial charge on any atom is -0.351 e. The summed E-state index contributed by atoms with van der Waals surface area (Å²) in [4.78, 5) is 13.1. The third kappa shape index (κ3) is 3.74. The number of hydrogen-bond acceptors (Lipinski definition) is 2. The van der Waals surface area contributed by atoms with Crippen LogP contribution in [-0.4, -0.2) is 11.0 Å². The zero-order valence-corrected chi connectivity index (χ0v) is 16.4. The first kappa shape index (κ1) is 18.4. The van der Waals surface area contributed by atoms with Crippen molar-refractivity contribution in [2.75, 3.05) is 5.32 Å². The predicted octanol–water partition coefficient (Wildman–Crippen LogP) is 4.39. The predicted molar refractivity (Wildman–Crippen MR) is 110 cm³/mol. The zero-order chi connectivity index (χ0) is 18.8. The maximum atomic E-state index is 13.1. The van der Waals surface area contributed by atoms with Crippen molar-refractivity contribution in [1.82, 2.24) is 10.6 Å². The first-order valence-electron chi connectivity index (χ1n) is 8.28. The number of aryl methyl sites for hydroxylation is 1. The van der Waals surface area contributed by atoms with Crippen LogP contribution in [0.5, 0.6) is 0 Å². The smallest absolute Gasteiger partial charge is 0.255 e. The van der Waals surface area contributed by atoms with Crippen LogP contribution >= 0.6 is 23.8 Å². The van der Waals surface area contributed by atoms with Crippen molar-refractivity contribution in [3.05, 3.63) is 75.4 Å². The van der Waals surface area contributed by atoms with E-state index in [1.807, 2.05) is 57.2 Å². The van der Waals surface area contributed by atoms with Gasteiger partial charge in [-0.05, 0) is 67.9 Å². The Morgan fingerprint density at radius 2 is 1.88 bits per heavy atom. The third-order valence-corrected chi connectivity index (χ3v) is 5.00. The van der Waals surface area contributed by atoms with Gasteiger partial charge in [0.25, 0.3) is 5.91 Å². The Balaban J connectivity index is 1.98. The van der Waals surface area contributed by atoms with Gasteiger partial charge >= 0.3 is 0 Å². The first-order valence-corrected chi connectivity index (χ1v) is 9.06. The Morgan fingerprint density at radius 3 is 2.62 bits per heavy atom. The van der Waals surface area contributed by atoms with Crippen molar-refractivity contribution in [2.24, 2.45) is 0 Å². The molecule has 0 radical (unpaired) electrons. The molecule has 134 valence electrons. The fourth-order valence-electron chi connectivity index (χ4n) is 3.01. The second kappa shape index (κ2) is 7.48. The van der Waals surface area contributed by atoms with Crippen LogP contribution < -0.4 is 16.0 Å². The van der Waals surface area contributed by atoms with Crippen LogP contribution in [0.15, 0.2) is 53.7 Å². The molecular formula is C20H20ClN3OS. The molecule has 0 aliphatic carbocycles. The molecule has 1 aliphatic heterocycles. The standard InChI is InChI=1S/C20H20ClN3OS/c1-11-6-4-9-16(12(11)2)23-19(25)17-13(3)22-20(26)24-18(17)14-7-5-8-15(21)10-14/h4-10,18H,1-3H3,(H,23,25)(H2,22,24,26). The fourth-order valence-corrected chi connectivity index (χ4v) is 3.48. The molecule has 0 saturated heterocycles. The summed E-state index contributed by atoms with van der Waals surface area (Å²) in [6.45, 7) is 5.86. The summed E-state index contributed by atoms with van der Waals surface area (Å²) < 4.78 is 0. The molecule has 0 spiro atoms. The molecule has 0 aromatic heterocycles. The second-order valence-corrected chi connectivity index (χ2v) is 7.17. The van der Waals surface area contributed by atoms with Gasteiger partial charge in [0, 0.05) is 16.4 Å². The normalized spacial score (nSPS) is 16.8. The molecule has 4 nitrogen and oxygen atoms in total. The van der Waals surface area contributed by atoms with E-state index in [0.29, 0.717) is 15.7 Å². The van der Waals surface area contributed by atoms with Crippen molar-refractivity contribution >= 4 is 40.5 Å². The molecule has 6 heteroatoms. The van der Waals surface area contributed by atoms with Gasteiger partial charge in [0.15, 0.2) is 5.11 Å². The molecule has 1 amide bonds. The van der Waals surface area contributed by atoms with Crippen molar-refractivity contribution in [2.45, 2.75) is 26.8 Å². The van der Waals surface area contributed by atoms with Crippen molar-refractivity contribution in [1.29, 1.82) is 0 Å². The Morgan fingerprint density at radius 1 is 1.15 bits per heavy atom. The van der Waals surface area contributed by atoms with E-state index in [9.17, 15) is 4.79 Å². The lowest BCUT2D eigenvalue weighted by molar-refractivity contribution is -0.113. The number of carbonyl (C=O) groups excluding carboxylic acids is 1. The number of benzene rings is 2. The lowest BCUT2D eigenvalue weighted by Crippen LogP contribution is -2.45. The van der Waals surface area contributed by atoms with E-state index in [2.05, 4.69) is 16.0 Å². The molecule has 3 N–H and O–H groups in total. The van der Waals surface area contributed by atoms with Crippen molar-refractivity contribution in [3.63, 3.8) is 0 Å². The van der Waals surface area contributed by atoms with Gasteiger partial charge in [-0.3, -0.25) is 4.79 Å². The van der Waals surface area contributed by atoms with E-state index in [1.54, 1.807) is 6.07 Å². The van der Waals surface area contributed by atoms with E-state index in [4.69, 9.17) is 23.8 Å². The van der Waals surface area contributed by atoms with Gasteiger partial charge in [-0.2, -0.15) is 0 Å². The van der Waals surface area contributed by atoms with Crippen LogP contribution in [0.4, 0.5) is 5.69 Å². The van der Waals surface area contributed by atoms with E-state index in [-0.39, 0.29) is 11.9 Å². The highest BCUT2D eigenvalue weighted by atomic mass is 35.5. The van der Waals surface area contributed by atoms with Crippen LogP contribution in [0.1, 0.15) is 29.7 Å². The monoisotopic (exact) mass is 385 g/mol. The largest absolute Gasteiger partial charge is 0.351 e. The molecule has 26 heavy (non-hydrogen) atoms. The molecular weight excluding hydrogens is 366 g/mol. The van der Waals surface area contributed by atoms with Crippen molar-refractivity contribution < 1.29 is 4.79 Å². The number of hydrogen-bond donors (Lipinski definition) is 3. The highest BCUT2D eigenvalue weighted by Crippen LogP contribution is 2.30. The molecule has 1 atom stereocenters. The van der Waals surface area contributed by atoms with Crippen molar-refractivity contribution in [3.8, 4) is 0 Å². The summed E-state index contributed by atoms with van der Waals surface area (Å²) in [6, 6.07) is 12.9. The summed E-state index contributed by atoms with van der Waals surface area (Å²) in [7, 11) is 0. The van der Waals surface area contributed by atoms with Crippen LogP contribution in [-0.2, 0) is 4.79 Å². The Labute approximate surface area is 163 Å². The summed E-state index contributed by atoms with van der Waals surface area (Å²) in [5.74, 6) is -0.177. The SMILES string of the molecule is CC1=C(C(=O)Nc2cccc(C)c2C)C(c2cccc(Cl)c2)NC(=S)N1. The molecule has 2 aromatic carbocycles. The molecule has 2 aromatic rings. The molecule has 0 saturated carbocycles. The number of thiocarbonyl (C=S) groups is 1. The van der Waals surface area contributed by atoms with Crippen LogP contribution in [0.2, 0.25) is 5.02 Å². The maximum Gasteiger partial charge on any atom is 0.255 e. The van der Waals surface area contributed by atoms with Gasteiger partial charge in [0.05, 0.1) is 11.6 Å². The molecule has 1 unspecified atom stereocenters. The average molecular weight is 386 g/mol. The highest BCUT2D eigenvalue weighted by molar-refractivity contribution is 7.80. The minimum absolute atomic E-state index is 0.177. The maximum absolute atomic E-state index is 13.1. The number of anilines is 1. The molecule has 0 fully saturated rings. The second-order valence-electron chi connectivity index (χ2n) is 6.33. The van der Waals surface area contributed by atoms with Gasteiger partial charge in [0.2, 0.25) is 0 Å². The minimum atomic E-state index is -0.368. The lowest BCUT2D eigenvalue weighted by Gasteiger charge is -2.30. The van der Waals surface area contributed by atoms with Gasteiger partial charge in [-0.1, -0.05) is 35.9 Å². The molecule has 3 rings (SSSR count). The Bertz CT molecular complexity index is 923. The number of nitrogens with one attached hydrogen (secondary N) is 3. The number of halogens is 1.